The lowest BCUT2D eigenvalue weighted by Crippen LogP contribution is -2.08. The normalized spacial score (nSPS) is 10.6. The van der Waals surface area contributed by atoms with Gasteiger partial charge in [-0.25, -0.2) is 28.5 Å². The standard InChI is InChI=1S/C34H32N6O10/c1-45-31(41)23-9-24(32(42)46-2)12-29(11-23)49-19-27-17-39(37-35-27)15-21-6-5-7-22(8-21)16-40-18-28(36-38-40)20-50-30-13-25(33(43)47-3)10-26(14-30)34(44)48-4/h5-14,17-18H,15-16,19-20H2,1-4H3. The Labute approximate surface area is 285 Å². The second kappa shape index (κ2) is 16.0. The maximum Gasteiger partial charge on any atom is 0.338 e. The van der Waals surface area contributed by atoms with Gasteiger partial charge in [0, 0.05) is 0 Å². The Morgan fingerprint density at radius 1 is 0.540 bits per heavy atom. The van der Waals surface area contributed by atoms with E-state index >= 15 is 0 Å². The molecule has 16 heteroatoms. The second-order valence-electron chi connectivity index (χ2n) is 10.7. The first-order chi connectivity index (χ1) is 24.2. The van der Waals surface area contributed by atoms with Crippen LogP contribution in [0.15, 0.2) is 73.1 Å². The minimum absolute atomic E-state index is 0.0345. The quantitative estimate of drug-likeness (QED) is 0.123. The smallest absolute Gasteiger partial charge is 0.338 e. The van der Waals surface area contributed by atoms with Gasteiger partial charge < -0.3 is 28.4 Å². The van der Waals surface area contributed by atoms with Gasteiger partial charge in [-0.15, -0.1) is 10.2 Å². The van der Waals surface area contributed by atoms with E-state index in [0.29, 0.717) is 24.5 Å². The van der Waals surface area contributed by atoms with E-state index in [4.69, 9.17) is 28.4 Å². The van der Waals surface area contributed by atoms with Crippen LogP contribution in [0, 0.1) is 0 Å². The van der Waals surface area contributed by atoms with E-state index in [1.165, 1.54) is 64.8 Å². The number of ether oxygens (including phenoxy) is 6. The van der Waals surface area contributed by atoms with Gasteiger partial charge in [0.15, 0.2) is 0 Å². The lowest BCUT2D eigenvalue weighted by atomic mass is 10.1. The first-order valence-electron chi connectivity index (χ1n) is 14.9. The minimum Gasteiger partial charge on any atom is -0.487 e. The molecule has 0 saturated carbocycles. The fourth-order valence-corrected chi connectivity index (χ4v) is 4.79. The molecular weight excluding hydrogens is 652 g/mol. The van der Waals surface area contributed by atoms with Crippen LogP contribution in [0.3, 0.4) is 0 Å². The predicted molar refractivity (Wildman–Crippen MR) is 172 cm³/mol. The van der Waals surface area contributed by atoms with Crippen LogP contribution in [0.1, 0.15) is 63.9 Å². The van der Waals surface area contributed by atoms with Crippen molar-refractivity contribution in [2.24, 2.45) is 0 Å². The van der Waals surface area contributed by atoms with Crippen molar-refractivity contribution in [3.63, 3.8) is 0 Å². The number of hydrogen-bond acceptors (Lipinski definition) is 14. The molecule has 2 aromatic heterocycles. The summed E-state index contributed by atoms with van der Waals surface area (Å²) in [5.74, 6) is -1.96. The van der Waals surface area contributed by atoms with Crippen LogP contribution in [0.4, 0.5) is 0 Å². The molecule has 0 aliphatic heterocycles. The number of hydrogen-bond donors (Lipinski definition) is 0. The van der Waals surface area contributed by atoms with Crippen LogP contribution in [0.2, 0.25) is 0 Å². The Hall–Kier alpha value is -6.58. The summed E-state index contributed by atoms with van der Waals surface area (Å²) < 4.78 is 34.0. The van der Waals surface area contributed by atoms with Gasteiger partial charge >= 0.3 is 23.9 Å². The fraction of sp³-hybridized carbons (Fsp3) is 0.235. The summed E-state index contributed by atoms with van der Waals surface area (Å²) in [4.78, 5) is 48.2. The summed E-state index contributed by atoms with van der Waals surface area (Å²) in [5, 5.41) is 16.7. The number of nitrogens with zero attached hydrogens (tertiary/aromatic N) is 6. The largest absolute Gasteiger partial charge is 0.487 e. The molecule has 5 rings (SSSR count). The highest BCUT2D eigenvalue weighted by Crippen LogP contribution is 2.22. The summed E-state index contributed by atoms with van der Waals surface area (Å²) in [6.45, 7) is 0.930. The molecule has 0 atom stereocenters. The number of esters is 4. The van der Waals surface area contributed by atoms with Gasteiger partial charge in [0.25, 0.3) is 0 Å². The summed E-state index contributed by atoms with van der Waals surface area (Å²) in [6.07, 6.45) is 3.47. The third-order valence-corrected chi connectivity index (χ3v) is 7.12. The number of methoxy groups -OCH3 is 4. The molecule has 0 radical (unpaired) electrons. The van der Waals surface area contributed by atoms with Crippen LogP contribution < -0.4 is 9.47 Å². The van der Waals surface area contributed by atoms with Crippen molar-refractivity contribution in [1.29, 1.82) is 0 Å². The number of rotatable bonds is 14. The van der Waals surface area contributed by atoms with Crippen molar-refractivity contribution in [2.45, 2.75) is 26.3 Å². The van der Waals surface area contributed by atoms with Crippen molar-refractivity contribution in [2.75, 3.05) is 28.4 Å². The molecule has 0 unspecified atom stereocenters. The van der Waals surface area contributed by atoms with Gasteiger partial charge in [-0.3, -0.25) is 0 Å². The maximum atomic E-state index is 12.1. The molecule has 2 heterocycles. The summed E-state index contributed by atoms with van der Waals surface area (Å²) in [6, 6.07) is 16.4. The predicted octanol–water partition coefficient (Wildman–Crippen LogP) is 3.27. The molecule has 0 spiro atoms. The fourth-order valence-electron chi connectivity index (χ4n) is 4.79. The highest BCUT2D eigenvalue weighted by Gasteiger charge is 2.17. The molecule has 5 aromatic rings. The van der Waals surface area contributed by atoms with E-state index < -0.39 is 23.9 Å². The summed E-state index contributed by atoms with van der Waals surface area (Å²) in [7, 11) is 4.97. The molecule has 0 aliphatic carbocycles. The Bertz CT molecular complexity index is 1810. The Morgan fingerprint density at radius 2 is 0.900 bits per heavy atom. The van der Waals surface area contributed by atoms with E-state index in [0.717, 1.165) is 11.1 Å². The molecular formula is C34H32N6O10. The Balaban J connectivity index is 1.18. The van der Waals surface area contributed by atoms with Crippen LogP contribution in [-0.4, -0.2) is 82.3 Å². The van der Waals surface area contributed by atoms with Gasteiger partial charge in [0.1, 0.15) is 36.1 Å². The average Bonchev–Trinajstić information content (AvgIpc) is 3.80. The van der Waals surface area contributed by atoms with Gasteiger partial charge in [0.2, 0.25) is 0 Å². The van der Waals surface area contributed by atoms with E-state index in [9.17, 15) is 19.2 Å². The lowest BCUT2D eigenvalue weighted by Gasteiger charge is -2.09. The number of aromatic nitrogens is 6. The molecule has 3 aromatic carbocycles. The van der Waals surface area contributed by atoms with Crippen LogP contribution >= 0.6 is 0 Å². The Kier molecular flexibility index (Phi) is 11.1. The highest BCUT2D eigenvalue weighted by atomic mass is 16.5. The molecule has 0 aliphatic rings. The molecule has 0 amide bonds. The highest BCUT2D eigenvalue weighted by molar-refractivity contribution is 5.96. The van der Waals surface area contributed by atoms with Crippen molar-refractivity contribution >= 4 is 23.9 Å². The van der Waals surface area contributed by atoms with E-state index in [-0.39, 0.29) is 47.0 Å². The third-order valence-electron chi connectivity index (χ3n) is 7.12. The minimum atomic E-state index is -0.622. The summed E-state index contributed by atoms with van der Waals surface area (Å²) >= 11 is 0. The molecule has 50 heavy (non-hydrogen) atoms. The van der Waals surface area contributed by atoms with Gasteiger partial charge in [-0.05, 0) is 47.5 Å². The zero-order chi connectivity index (χ0) is 35.6. The zero-order valence-electron chi connectivity index (χ0n) is 27.5. The van der Waals surface area contributed by atoms with E-state index in [2.05, 4.69) is 20.6 Å². The van der Waals surface area contributed by atoms with Crippen molar-refractivity contribution in [1.82, 2.24) is 30.0 Å². The number of carbonyl (C=O) groups excluding carboxylic acids is 4. The van der Waals surface area contributed by atoms with Crippen molar-refractivity contribution in [3.05, 3.63) is 118 Å². The lowest BCUT2D eigenvalue weighted by molar-refractivity contribution is 0.0580. The second-order valence-corrected chi connectivity index (χ2v) is 10.7. The van der Waals surface area contributed by atoms with Crippen molar-refractivity contribution in [3.8, 4) is 11.5 Å². The molecule has 258 valence electrons. The number of carbonyl (C=O) groups is 4. The van der Waals surface area contributed by atoms with Gasteiger partial charge in [-0.2, -0.15) is 0 Å². The van der Waals surface area contributed by atoms with Crippen LogP contribution in [0.25, 0.3) is 0 Å². The molecule has 16 nitrogen and oxygen atoms in total. The topological polar surface area (TPSA) is 185 Å². The number of benzene rings is 3. The molecule has 0 saturated heterocycles. The van der Waals surface area contributed by atoms with Crippen LogP contribution in [-0.2, 0) is 45.3 Å². The monoisotopic (exact) mass is 684 g/mol. The van der Waals surface area contributed by atoms with E-state index in [1.54, 1.807) is 21.8 Å². The first-order valence-corrected chi connectivity index (χ1v) is 14.9. The van der Waals surface area contributed by atoms with Gasteiger partial charge in [0.05, 0.1) is 76.2 Å². The van der Waals surface area contributed by atoms with Gasteiger partial charge in [-0.1, -0.05) is 34.7 Å². The average molecular weight is 685 g/mol. The zero-order valence-corrected chi connectivity index (χ0v) is 27.5. The van der Waals surface area contributed by atoms with E-state index in [1.807, 2.05) is 24.3 Å². The van der Waals surface area contributed by atoms with Crippen molar-refractivity contribution < 1.29 is 47.6 Å². The van der Waals surface area contributed by atoms with Crippen LogP contribution in [0.5, 0.6) is 11.5 Å². The maximum absolute atomic E-state index is 12.1. The molecule has 0 fully saturated rings. The summed E-state index contributed by atoms with van der Waals surface area (Å²) in [5.41, 5.74) is 3.55. The molecule has 0 N–H and O–H groups in total. The first kappa shape index (κ1) is 34.7. The molecule has 0 bridgehead atoms. The third kappa shape index (κ3) is 8.85. The SMILES string of the molecule is COC(=O)c1cc(OCc2cn(Cc3cccc(Cn4cc(COc5cc(C(=O)OC)cc(C(=O)OC)c5)nn4)c3)nn2)cc(C(=O)OC)c1. The Morgan fingerprint density at radius 3 is 1.24 bits per heavy atom.